The van der Waals surface area contributed by atoms with Gasteiger partial charge in [-0.1, -0.05) is 13.8 Å². The van der Waals surface area contributed by atoms with Gasteiger partial charge in [0.1, 0.15) is 0 Å². The molecule has 0 amide bonds. The van der Waals surface area contributed by atoms with Crippen molar-refractivity contribution in [1.29, 1.82) is 0 Å². The molecule has 2 saturated heterocycles. The molecule has 2 aliphatic heterocycles. The Morgan fingerprint density at radius 1 is 1.15 bits per heavy atom. The number of fused-ring (bicyclic) bond motifs is 1. The van der Waals surface area contributed by atoms with Crippen LogP contribution in [0.25, 0.3) is 0 Å². The number of rotatable bonds is 6. The van der Waals surface area contributed by atoms with Crippen molar-refractivity contribution in [3.8, 4) is 0 Å². The van der Waals surface area contributed by atoms with Crippen molar-refractivity contribution in [2.45, 2.75) is 57.8 Å². The summed E-state index contributed by atoms with van der Waals surface area (Å²) in [6.45, 7) is 8.97. The first-order chi connectivity index (χ1) is 9.69. The first kappa shape index (κ1) is 14.8. The van der Waals surface area contributed by atoms with Crippen LogP contribution >= 0.6 is 0 Å². The number of hydrogen-bond acceptors (Lipinski definition) is 4. The van der Waals surface area contributed by atoms with Crippen LogP contribution in [0.3, 0.4) is 0 Å². The molecule has 116 valence electrons. The van der Waals surface area contributed by atoms with Crippen molar-refractivity contribution < 1.29 is 14.2 Å². The lowest BCUT2D eigenvalue weighted by molar-refractivity contribution is -0.193. The minimum atomic E-state index is 0.264. The van der Waals surface area contributed by atoms with Gasteiger partial charge in [-0.2, -0.15) is 0 Å². The highest BCUT2D eigenvalue weighted by Gasteiger charge is 2.57. The molecule has 3 rings (SSSR count). The lowest BCUT2D eigenvalue weighted by atomic mass is 9.55. The zero-order valence-electron chi connectivity index (χ0n) is 12.9. The Bertz CT molecular complexity index is 315. The van der Waals surface area contributed by atoms with E-state index in [4.69, 9.17) is 14.2 Å². The Balaban J connectivity index is 1.33. The molecular formula is C16H29NO3. The highest BCUT2D eigenvalue weighted by atomic mass is 16.5. The summed E-state index contributed by atoms with van der Waals surface area (Å²) in [7, 11) is 0. The van der Waals surface area contributed by atoms with E-state index < -0.39 is 0 Å². The van der Waals surface area contributed by atoms with Crippen LogP contribution in [0.1, 0.15) is 39.5 Å². The van der Waals surface area contributed by atoms with Crippen LogP contribution in [-0.4, -0.2) is 51.2 Å². The van der Waals surface area contributed by atoms with E-state index in [-0.39, 0.29) is 5.41 Å². The molecule has 3 fully saturated rings. The van der Waals surface area contributed by atoms with Gasteiger partial charge >= 0.3 is 0 Å². The average Bonchev–Trinajstić information content (AvgIpc) is 2.95. The van der Waals surface area contributed by atoms with Gasteiger partial charge in [-0.25, -0.2) is 0 Å². The van der Waals surface area contributed by atoms with E-state index in [1.54, 1.807) is 0 Å². The maximum absolute atomic E-state index is 5.93. The molecule has 1 aliphatic carbocycles. The molecule has 20 heavy (non-hydrogen) atoms. The van der Waals surface area contributed by atoms with E-state index in [2.05, 4.69) is 19.2 Å². The molecule has 0 aromatic heterocycles. The van der Waals surface area contributed by atoms with Crippen LogP contribution in [0, 0.1) is 11.3 Å². The van der Waals surface area contributed by atoms with E-state index in [9.17, 15) is 0 Å². The summed E-state index contributed by atoms with van der Waals surface area (Å²) in [5.74, 6) is 0.705. The minimum Gasteiger partial charge on any atom is -0.377 e. The monoisotopic (exact) mass is 283 g/mol. The summed E-state index contributed by atoms with van der Waals surface area (Å²) < 4.78 is 17.2. The molecule has 0 aromatic rings. The molecule has 4 nitrogen and oxygen atoms in total. The van der Waals surface area contributed by atoms with E-state index in [1.165, 1.54) is 19.3 Å². The van der Waals surface area contributed by atoms with Crippen LogP contribution in [0.5, 0.6) is 0 Å². The second-order valence-electron chi connectivity index (χ2n) is 7.06. The van der Waals surface area contributed by atoms with Gasteiger partial charge in [0.2, 0.25) is 0 Å². The quantitative estimate of drug-likeness (QED) is 0.757. The summed E-state index contributed by atoms with van der Waals surface area (Å²) >= 11 is 0. The zero-order chi connectivity index (χ0) is 14.0. The lowest BCUT2D eigenvalue weighted by Crippen LogP contribution is -2.69. The van der Waals surface area contributed by atoms with Gasteiger partial charge in [-0.05, 0) is 25.7 Å². The van der Waals surface area contributed by atoms with Crippen LogP contribution < -0.4 is 5.32 Å². The molecule has 0 bridgehead atoms. The fourth-order valence-electron chi connectivity index (χ4n) is 4.21. The Morgan fingerprint density at radius 3 is 2.75 bits per heavy atom. The molecule has 3 aliphatic rings. The SMILES string of the molecule is CC1(C)[C@H](NCCOC[C@@H]2CCCO2)[C@H]2CCCO[C@H]21. The van der Waals surface area contributed by atoms with Crippen molar-refractivity contribution in [1.82, 2.24) is 5.32 Å². The Kier molecular flexibility index (Phi) is 4.65. The van der Waals surface area contributed by atoms with Gasteiger partial charge < -0.3 is 19.5 Å². The van der Waals surface area contributed by atoms with Crippen molar-refractivity contribution >= 4 is 0 Å². The summed E-state index contributed by atoms with van der Waals surface area (Å²) in [6, 6.07) is 0.583. The van der Waals surface area contributed by atoms with Crippen LogP contribution in [0.4, 0.5) is 0 Å². The molecule has 0 radical (unpaired) electrons. The Hall–Kier alpha value is -0.160. The normalized spacial score (nSPS) is 39.3. The van der Waals surface area contributed by atoms with Gasteiger partial charge in [-0.15, -0.1) is 0 Å². The minimum absolute atomic E-state index is 0.264. The topological polar surface area (TPSA) is 39.7 Å². The van der Waals surface area contributed by atoms with Gasteiger partial charge in [0.25, 0.3) is 0 Å². The van der Waals surface area contributed by atoms with Gasteiger partial charge in [-0.3, -0.25) is 0 Å². The van der Waals surface area contributed by atoms with E-state index >= 15 is 0 Å². The van der Waals surface area contributed by atoms with Crippen molar-refractivity contribution in [3.63, 3.8) is 0 Å². The smallest absolute Gasteiger partial charge is 0.0809 e. The molecule has 1 saturated carbocycles. The summed E-state index contributed by atoms with van der Waals surface area (Å²) in [4.78, 5) is 0. The predicted molar refractivity (Wildman–Crippen MR) is 77.8 cm³/mol. The molecule has 4 atom stereocenters. The lowest BCUT2D eigenvalue weighted by Gasteiger charge is -2.60. The summed E-state index contributed by atoms with van der Waals surface area (Å²) in [5.41, 5.74) is 0.264. The standard InChI is InChI=1S/C16H29NO3/c1-16(2)14(13-6-4-9-20-15(13)16)17-7-10-18-11-12-5-3-8-19-12/h12-15,17H,3-11H2,1-2H3/t12-,13+,14+,15+/m0/s1. The predicted octanol–water partition coefficient (Wildman–Crippen LogP) is 1.98. The fourth-order valence-corrected chi connectivity index (χ4v) is 4.21. The zero-order valence-corrected chi connectivity index (χ0v) is 12.9. The van der Waals surface area contributed by atoms with Crippen LogP contribution in [-0.2, 0) is 14.2 Å². The molecule has 4 heteroatoms. The van der Waals surface area contributed by atoms with Crippen molar-refractivity contribution in [3.05, 3.63) is 0 Å². The molecule has 0 aromatic carbocycles. The molecule has 0 spiro atoms. The fraction of sp³-hybridized carbons (Fsp3) is 1.00. The molecule has 1 N–H and O–H groups in total. The van der Waals surface area contributed by atoms with Crippen LogP contribution in [0.15, 0.2) is 0 Å². The van der Waals surface area contributed by atoms with Gasteiger partial charge in [0.05, 0.1) is 25.4 Å². The van der Waals surface area contributed by atoms with Crippen molar-refractivity contribution in [2.75, 3.05) is 33.0 Å². The molecular weight excluding hydrogens is 254 g/mol. The Labute approximate surface area is 122 Å². The number of ether oxygens (including phenoxy) is 3. The third-order valence-corrected chi connectivity index (χ3v) is 5.27. The third kappa shape index (κ3) is 2.89. The average molecular weight is 283 g/mol. The number of nitrogens with one attached hydrogen (secondary N) is 1. The first-order valence-electron chi connectivity index (χ1n) is 8.24. The molecule has 2 heterocycles. The Morgan fingerprint density at radius 2 is 1.95 bits per heavy atom. The van der Waals surface area contributed by atoms with E-state index in [0.29, 0.717) is 24.2 Å². The summed E-state index contributed by atoms with van der Waals surface area (Å²) in [5, 5.41) is 3.69. The first-order valence-corrected chi connectivity index (χ1v) is 8.24. The second kappa shape index (κ2) is 6.30. The third-order valence-electron chi connectivity index (χ3n) is 5.27. The maximum Gasteiger partial charge on any atom is 0.0809 e. The number of hydrogen-bond donors (Lipinski definition) is 1. The van der Waals surface area contributed by atoms with E-state index in [1.807, 2.05) is 0 Å². The highest BCUT2D eigenvalue weighted by molar-refractivity contribution is 5.10. The molecule has 0 unspecified atom stereocenters. The van der Waals surface area contributed by atoms with E-state index in [0.717, 1.165) is 39.4 Å². The highest BCUT2D eigenvalue weighted by Crippen LogP contribution is 2.51. The van der Waals surface area contributed by atoms with Gasteiger partial charge in [0, 0.05) is 37.1 Å². The van der Waals surface area contributed by atoms with Crippen molar-refractivity contribution in [2.24, 2.45) is 11.3 Å². The van der Waals surface area contributed by atoms with Crippen LogP contribution in [0.2, 0.25) is 0 Å². The maximum atomic E-state index is 5.93. The summed E-state index contributed by atoms with van der Waals surface area (Å²) in [6.07, 6.45) is 5.66. The van der Waals surface area contributed by atoms with Gasteiger partial charge in [0.15, 0.2) is 0 Å². The largest absolute Gasteiger partial charge is 0.377 e. The second-order valence-corrected chi connectivity index (χ2v) is 7.06.